The van der Waals surface area contributed by atoms with E-state index in [0.29, 0.717) is 38.3 Å². The molecular formula is C18H21NO6S. The van der Waals surface area contributed by atoms with Crippen molar-refractivity contribution >= 4 is 16.0 Å². The quantitative estimate of drug-likeness (QED) is 0.684. The van der Waals surface area contributed by atoms with Crippen LogP contribution in [0.2, 0.25) is 0 Å². The van der Waals surface area contributed by atoms with Crippen LogP contribution in [-0.2, 0) is 37.3 Å². The Kier molecular flexibility index (Phi) is 6.08. The molecule has 8 heteroatoms. The van der Waals surface area contributed by atoms with Gasteiger partial charge in [-0.25, -0.2) is 8.42 Å². The highest BCUT2D eigenvalue weighted by Gasteiger charge is 2.26. The highest BCUT2D eigenvalue weighted by Crippen LogP contribution is 2.19. The van der Waals surface area contributed by atoms with Gasteiger partial charge in [-0.2, -0.15) is 4.31 Å². The molecule has 0 bridgehead atoms. The van der Waals surface area contributed by atoms with E-state index in [0.717, 1.165) is 5.76 Å². The number of hydrogen-bond donors (Lipinski definition) is 0. The van der Waals surface area contributed by atoms with Gasteiger partial charge in [-0.1, -0.05) is 12.1 Å². The summed E-state index contributed by atoms with van der Waals surface area (Å²) in [7, 11) is -3.56. The van der Waals surface area contributed by atoms with Crippen molar-refractivity contribution < 1.29 is 27.1 Å². The van der Waals surface area contributed by atoms with Crippen molar-refractivity contribution in [3.8, 4) is 0 Å². The number of nitrogens with zero attached hydrogens (tertiary/aromatic N) is 1. The number of esters is 1. The monoisotopic (exact) mass is 379 g/mol. The van der Waals surface area contributed by atoms with Gasteiger partial charge in [0.1, 0.15) is 12.4 Å². The number of hydrogen-bond acceptors (Lipinski definition) is 6. The molecule has 0 atom stereocenters. The first-order chi connectivity index (χ1) is 12.6. The lowest BCUT2D eigenvalue weighted by Crippen LogP contribution is -2.40. The van der Waals surface area contributed by atoms with Crippen LogP contribution in [0, 0.1) is 0 Å². The minimum absolute atomic E-state index is 0.0312. The third-order valence-corrected chi connectivity index (χ3v) is 5.96. The number of ether oxygens (including phenoxy) is 2. The van der Waals surface area contributed by atoms with Gasteiger partial charge in [-0.15, -0.1) is 0 Å². The van der Waals surface area contributed by atoms with Gasteiger partial charge < -0.3 is 13.9 Å². The zero-order valence-corrected chi connectivity index (χ0v) is 15.1. The second-order valence-electron chi connectivity index (χ2n) is 5.90. The smallest absolute Gasteiger partial charge is 0.306 e. The maximum Gasteiger partial charge on any atom is 0.306 e. The Labute approximate surface area is 152 Å². The molecule has 7 nitrogen and oxygen atoms in total. The minimum Gasteiger partial charge on any atom is -0.469 e. The first-order valence-electron chi connectivity index (χ1n) is 8.40. The summed E-state index contributed by atoms with van der Waals surface area (Å²) in [6.07, 6.45) is 2.23. The summed E-state index contributed by atoms with van der Waals surface area (Å²) in [5.74, 6) is 0.364. The summed E-state index contributed by atoms with van der Waals surface area (Å²) in [4.78, 5) is 12.0. The second kappa shape index (κ2) is 8.48. The van der Waals surface area contributed by atoms with E-state index in [2.05, 4.69) is 0 Å². The molecule has 0 saturated carbocycles. The molecule has 1 aliphatic heterocycles. The molecule has 1 aromatic carbocycles. The van der Waals surface area contributed by atoms with Crippen LogP contribution in [0.3, 0.4) is 0 Å². The molecule has 0 unspecified atom stereocenters. The predicted molar refractivity (Wildman–Crippen MR) is 92.8 cm³/mol. The Bertz CT molecular complexity index is 825. The number of carbonyl (C=O) groups is 1. The Balaban J connectivity index is 1.57. The first kappa shape index (κ1) is 18.6. The molecule has 1 saturated heterocycles. The molecule has 26 heavy (non-hydrogen) atoms. The Hall–Kier alpha value is -2.16. The number of carbonyl (C=O) groups excluding carboxylic acids is 1. The van der Waals surface area contributed by atoms with Gasteiger partial charge >= 0.3 is 5.97 Å². The van der Waals surface area contributed by atoms with Crippen LogP contribution in [0.4, 0.5) is 0 Å². The first-order valence-corrected chi connectivity index (χ1v) is 9.84. The number of rotatable bonds is 7. The molecule has 3 rings (SSSR count). The van der Waals surface area contributed by atoms with Gasteiger partial charge in [0.15, 0.2) is 0 Å². The molecule has 0 radical (unpaired) electrons. The fraction of sp³-hybridized carbons (Fsp3) is 0.389. The zero-order valence-electron chi connectivity index (χ0n) is 14.3. The topological polar surface area (TPSA) is 86.0 Å². The highest BCUT2D eigenvalue weighted by atomic mass is 32.2. The van der Waals surface area contributed by atoms with E-state index in [1.165, 1.54) is 4.31 Å². The second-order valence-corrected chi connectivity index (χ2v) is 7.84. The number of morpholine rings is 1. The minimum atomic E-state index is -3.56. The summed E-state index contributed by atoms with van der Waals surface area (Å²) in [6, 6.07) is 10.0. The summed E-state index contributed by atoms with van der Waals surface area (Å²) < 4.78 is 42.3. The van der Waals surface area contributed by atoms with E-state index in [1.54, 1.807) is 42.7 Å². The molecule has 0 N–H and O–H groups in total. The van der Waals surface area contributed by atoms with Gasteiger partial charge in [0.2, 0.25) is 10.0 Å². The largest absolute Gasteiger partial charge is 0.469 e. The van der Waals surface area contributed by atoms with Gasteiger partial charge in [0, 0.05) is 19.5 Å². The van der Waals surface area contributed by atoms with Crippen LogP contribution >= 0.6 is 0 Å². The van der Waals surface area contributed by atoms with Crippen molar-refractivity contribution in [2.75, 3.05) is 26.3 Å². The van der Waals surface area contributed by atoms with Crippen LogP contribution in [0.15, 0.2) is 52.0 Å². The van der Waals surface area contributed by atoms with Gasteiger partial charge in [0.05, 0.1) is 30.8 Å². The van der Waals surface area contributed by atoms with E-state index >= 15 is 0 Å². The molecule has 140 valence electrons. The maximum atomic E-state index is 12.7. The number of aryl methyl sites for hydroxylation is 1. The lowest BCUT2D eigenvalue weighted by molar-refractivity contribution is -0.145. The highest BCUT2D eigenvalue weighted by molar-refractivity contribution is 7.89. The average molecular weight is 379 g/mol. The van der Waals surface area contributed by atoms with Gasteiger partial charge in [-0.3, -0.25) is 4.79 Å². The van der Waals surface area contributed by atoms with E-state index in [-0.39, 0.29) is 23.9 Å². The van der Waals surface area contributed by atoms with Crippen molar-refractivity contribution in [1.82, 2.24) is 4.31 Å². The molecule has 2 heterocycles. The maximum absolute atomic E-state index is 12.7. The predicted octanol–water partition coefficient (Wildman–Crippen LogP) is 1.98. The van der Waals surface area contributed by atoms with Crippen molar-refractivity contribution in [2.45, 2.75) is 24.3 Å². The molecule has 1 aliphatic rings. The van der Waals surface area contributed by atoms with Crippen LogP contribution in [0.1, 0.15) is 17.7 Å². The van der Waals surface area contributed by atoms with Crippen LogP contribution in [-0.4, -0.2) is 45.0 Å². The SMILES string of the molecule is O=C(CCc1ccco1)OCc1cccc(S(=O)(=O)N2CCOCC2)c1. The lowest BCUT2D eigenvalue weighted by Gasteiger charge is -2.26. The van der Waals surface area contributed by atoms with Crippen LogP contribution in [0.25, 0.3) is 0 Å². The van der Waals surface area contributed by atoms with E-state index in [4.69, 9.17) is 13.9 Å². The van der Waals surface area contributed by atoms with Crippen molar-refractivity contribution in [3.05, 3.63) is 54.0 Å². The fourth-order valence-electron chi connectivity index (χ4n) is 2.65. The fourth-order valence-corrected chi connectivity index (χ4v) is 4.13. The van der Waals surface area contributed by atoms with Crippen molar-refractivity contribution in [2.24, 2.45) is 0 Å². The van der Waals surface area contributed by atoms with Crippen LogP contribution in [0.5, 0.6) is 0 Å². The summed E-state index contributed by atoms with van der Waals surface area (Å²) >= 11 is 0. The Morgan fingerprint density at radius 1 is 1.15 bits per heavy atom. The molecule has 1 aromatic heterocycles. The number of benzene rings is 1. The number of sulfonamides is 1. The van der Waals surface area contributed by atoms with E-state index < -0.39 is 10.0 Å². The lowest BCUT2D eigenvalue weighted by atomic mass is 10.2. The van der Waals surface area contributed by atoms with Gasteiger partial charge in [0.25, 0.3) is 0 Å². The zero-order chi connectivity index (χ0) is 18.4. The standard InChI is InChI=1S/C18H21NO6S/c20-18(7-6-16-4-2-10-24-16)25-14-15-3-1-5-17(13-15)26(21,22)19-8-11-23-12-9-19/h1-5,10,13H,6-9,11-12,14H2. The summed E-state index contributed by atoms with van der Waals surface area (Å²) in [6.45, 7) is 1.50. The third kappa shape index (κ3) is 4.72. The van der Waals surface area contributed by atoms with Crippen molar-refractivity contribution in [3.63, 3.8) is 0 Å². The number of furan rings is 1. The molecule has 0 spiro atoms. The Morgan fingerprint density at radius 3 is 2.69 bits per heavy atom. The normalized spacial score (nSPS) is 15.7. The summed E-state index contributed by atoms with van der Waals surface area (Å²) in [5.41, 5.74) is 0.630. The van der Waals surface area contributed by atoms with E-state index in [9.17, 15) is 13.2 Å². The Morgan fingerprint density at radius 2 is 1.96 bits per heavy atom. The molecule has 0 amide bonds. The molecule has 2 aromatic rings. The summed E-state index contributed by atoms with van der Waals surface area (Å²) in [5, 5.41) is 0. The van der Waals surface area contributed by atoms with E-state index in [1.807, 2.05) is 0 Å². The van der Waals surface area contributed by atoms with Crippen LogP contribution < -0.4 is 0 Å². The molecule has 1 fully saturated rings. The molecule has 0 aliphatic carbocycles. The van der Waals surface area contributed by atoms with Crippen molar-refractivity contribution in [1.29, 1.82) is 0 Å². The average Bonchev–Trinajstić information content (AvgIpc) is 3.19. The van der Waals surface area contributed by atoms with Gasteiger partial charge in [-0.05, 0) is 29.8 Å². The third-order valence-electron chi connectivity index (χ3n) is 4.06. The molecular weight excluding hydrogens is 358 g/mol.